The largest absolute Gasteiger partial charge is 0.383 e. The molecule has 3 heterocycles. The fourth-order valence-electron chi connectivity index (χ4n) is 1.58. The molecule has 0 saturated carbocycles. The normalized spacial score (nSPS) is 9.78. The summed E-state index contributed by atoms with van der Waals surface area (Å²) in [6, 6.07) is 1.88. The van der Waals surface area contributed by atoms with Crippen molar-refractivity contribution in [3.63, 3.8) is 0 Å². The van der Waals surface area contributed by atoms with Crippen LogP contribution in [0, 0.1) is 0 Å². The van der Waals surface area contributed by atoms with Crippen LogP contribution in [-0.4, -0.2) is 19.9 Å². The zero-order valence-electron chi connectivity index (χ0n) is 9.16. The summed E-state index contributed by atoms with van der Waals surface area (Å²) in [7, 11) is 0. The first-order valence-electron chi connectivity index (χ1n) is 4.80. The minimum atomic E-state index is 0. The number of hydrogen-bond donors (Lipinski definition) is 2. The second-order valence-electron chi connectivity index (χ2n) is 3.41. The summed E-state index contributed by atoms with van der Waals surface area (Å²) < 4.78 is 0. The van der Waals surface area contributed by atoms with Gasteiger partial charge in [0.1, 0.15) is 17.3 Å². The number of rotatable bonds is 2. The molecule has 3 N–H and O–H groups in total. The van der Waals surface area contributed by atoms with Crippen LogP contribution in [0.1, 0.15) is 10.7 Å². The molecule has 0 aliphatic heterocycles. The van der Waals surface area contributed by atoms with Gasteiger partial charge in [0, 0.05) is 23.7 Å². The highest BCUT2D eigenvalue weighted by atomic mass is 35.5. The minimum absolute atomic E-state index is 0. The quantitative estimate of drug-likeness (QED) is 0.762. The number of aromatic nitrogens is 4. The van der Waals surface area contributed by atoms with Crippen LogP contribution in [0.5, 0.6) is 0 Å². The maximum Gasteiger partial charge on any atom is 0.143 e. The number of nitrogens with two attached hydrogens (primary N) is 1. The molecule has 0 atom stereocenters. The lowest BCUT2D eigenvalue weighted by atomic mass is 10.3. The van der Waals surface area contributed by atoms with E-state index in [0.29, 0.717) is 12.2 Å². The predicted octanol–water partition coefficient (Wildman–Crippen LogP) is 2.43. The molecule has 0 spiro atoms. The smallest absolute Gasteiger partial charge is 0.143 e. The van der Waals surface area contributed by atoms with Crippen LogP contribution >= 0.6 is 36.2 Å². The van der Waals surface area contributed by atoms with E-state index in [1.165, 1.54) is 0 Å². The Hall–Kier alpha value is -1.37. The highest BCUT2D eigenvalue weighted by molar-refractivity contribution is 7.09. The molecule has 0 saturated heterocycles. The lowest BCUT2D eigenvalue weighted by molar-refractivity contribution is 1.00. The number of hydrogen-bond acceptors (Lipinski definition) is 5. The first kappa shape index (κ1) is 14.7. The van der Waals surface area contributed by atoms with E-state index in [-0.39, 0.29) is 24.8 Å². The van der Waals surface area contributed by atoms with Crippen LogP contribution in [0.2, 0.25) is 0 Å². The van der Waals surface area contributed by atoms with Gasteiger partial charge in [0.2, 0.25) is 0 Å². The van der Waals surface area contributed by atoms with Crippen molar-refractivity contribution in [2.75, 3.05) is 5.73 Å². The van der Waals surface area contributed by atoms with Crippen LogP contribution in [0.15, 0.2) is 24.0 Å². The first-order chi connectivity index (χ1) is 7.83. The van der Waals surface area contributed by atoms with Gasteiger partial charge in [0.05, 0.1) is 10.9 Å². The van der Waals surface area contributed by atoms with Gasteiger partial charge in [0.25, 0.3) is 0 Å². The molecular formula is C10H11Cl2N5S. The molecule has 0 fully saturated rings. The van der Waals surface area contributed by atoms with E-state index >= 15 is 0 Å². The number of H-pyrrole nitrogens is 1. The molecule has 0 bridgehead atoms. The van der Waals surface area contributed by atoms with E-state index in [9.17, 15) is 0 Å². The number of nitrogen functional groups attached to an aromatic ring is 1. The van der Waals surface area contributed by atoms with Crippen LogP contribution in [-0.2, 0) is 6.42 Å². The molecule has 3 aromatic heterocycles. The second-order valence-corrected chi connectivity index (χ2v) is 4.38. The summed E-state index contributed by atoms with van der Waals surface area (Å²) in [6.07, 6.45) is 4.30. The summed E-state index contributed by atoms with van der Waals surface area (Å²) in [5.41, 5.74) is 8.43. The number of anilines is 1. The highest BCUT2D eigenvalue weighted by Crippen LogP contribution is 2.18. The minimum Gasteiger partial charge on any atom is -0.383 e. The molecule has 0 unspecified atom stereocenters. The molecule has 5 nitrogen and oxygen atoms in total. The van der Waals surface area contributed by atoms with Crippen LogP contribution in [0.3, 0.4) is 0 Å². The Morgan fingerprint density at radius 1 is 1.28 bits per heavy atom. The molecule has 96 valence electrons. The molecule has 8 heteroatoms. The fraction of sp³-hybridized carbons (Fsp3) is 0.100. The van der Waals surface area contributed by atoms with E-state index in [4.69, 9.17) is 5.73 Å². The molecule has 3 aromatic rings. The predicted molar refractivity (Wildman–Crippen MR) is 77.7 cm³/mol. The summed E-state index contributed by atoms with van der Waals surface area (Å²) in [6.45, 7) is 0. The van der Waals surface area contributed by atoms with Gasteiger partial charge in [-0.05, 0) is 6.07 Å². The molecule has 3 rings (SSSR count). The van der Waals surface area contributed by atoms with E-state index < -0.39 is 0 Å². The molecule has 18 heavy (non-hydrogen) atoms. The van der Waals surface area contributed by atoms with Gasteiger partial charge < -0.3 is 10.7 Å². The number of nitrogens with one attached hydrogen (secondary N) is 1. The average molecular weight is 304 g/mol. The third-order valence-electron chi connectivity index (χ3n) is 2.31. The van der Waals surface area contributed by atoms with Gasteiger partial charge in [-0.15, -0.1) is 36.2 Å². The Bertz CT molecular complexity index is 622. The maximum atomic E-state index is 5.85. The molecule has 0 aliphatic rings. The van der Waals surface area contributed by atoms with E-state index in [0.717, 1.165) is 21.7 Å². The zero-order valence-corrected chi connectivity index (χ0v) is 11.6. The first-order valence-corrected chi connectivity index (χ1v) is 5.68. The summed E-state index contributed by atoms with van der Waals surface area (Å²) >= 11 is 1.59. The lowest BCUT2D eigenvalue weighted by Gasteiger charge is -2.00. The van der Waals surface area contributed by atoms with Crippen molar-refractivity contribution in [1.82, 2.24) is 19.9 Å². The van der Waals surface area contributed by atoms with Gasteiger partial charge in [-0.1, -0.05) is 0 Å². The van der Waals surface area contributed by atoms with E-state index in [2.05, 4.69) is 19.9 Å². The van der Waals surface area contributed by atoms with Crippen molar-refractivity contribution in [2.45, 2.75) is 6.42 Å². The van der Waals surface area contributed by atoms with Gasteiger partial charge in [0.15, 0.2) is 0 Å². The van der Waals surface area contributed by atoms with Crippen molar-refractivity contribution < 1.29 is 0 Å². The summed E-state index contributed by atoms with van der Waals surface area (Å²) in [5.74, 6) is 1.24. The van der Waals surface area contributed by atoms with Gasteiger partial charge in [-0.2, -0.15) is 0 Å². The standard InChI is InChI=1S/C10H9N5S.2ClH/c11-9-7-1-2-13-10(7)15-8(14-9)3-6-4-12-5-16-6;;/h1-2,4-5H,3H2,(H3,11,13,14,15);2*1H. The lowest BCUT2D eigenvalue weighted by Crippen LogP contribution is -2.00. The van der Waals surface area contributed by atoms with Gasteiger partial charge in [-0.25, -0.2) is 9.97 Å². The second kappa shape index (κ2) is 5.99. The maximum absolute atomic E-state index is 5.85. The molecule has 0 amide bonds. The highest BCUT2D eigenvalue weighted by Gasteiger charge is 2.07. The van der Waals surface area contributed by atoms with Gasteiger partial charge in [-0.3, -0.25) is 4.98 Å². The monoisotopic (exact) mass is 303 g/mol. The van der Waals surface area contributed by atoms with Crippen LogP contribution < -0.4 is 5.73 Å². The SMILES string of the molecule is Cl.Cl.Nc1nc(Cc2cncs2)nc2[nH]ccc12. The van der Waals surface area contributed by atoms with Crippen LogP contribution in [0.25, 0.3) is 11.0 Å². The number of nitrogens with zero attached hydrogens (tertiary/aromatic N) is 3. The van der Waals surface area contributed by atoms with Crippen molar-refractivity contribution in [3.05, 3.63) is 34.7 Å². The third kappa shape index (κ3) is 2.72. The number of thiazole rings is 1. The zero-order chi connectivity index (χ0) is 11.0. The van der Waals surface area contributed by atoms with Crippen molar-refractivity contribution >= 4 is 53.0 Å². The topological polar surface area (TPSA) is 80.5 Å². The van der Waals surface area contributed by atoms with Crippen LogP contribution in [0.4, 0.5) is 5.82 Å². The Kier molecular flexibility index (Phi) is 4.89. The third-order valence-corrected chi connectivity index (χ3v) is 3.09. The molecule has 0 aliphatic carbocycles. The molecule has 0 aromatic carbocycles. The van der Waals surface area contributed by atoms with E-state index in [1.807, 2.05) is 18.5 Å². The van der Waals surface area contributed by atoms with E-state index in [1.54, 1.807) is 16.8 Å². The van der Waals surface area contributed by atoms with Crippen molar-refractivity contribution in [1.29, 1.82) is 0 Å². The van der Waals surface area contributed by atoms with Crippen molar-refractivity contribution in [2.24, 2.45) is 0 Å². The Morgan fingerprint density at radius 2 is 2.11 bits per heavy atom. The Labute approximate surface area is 120 Å². The molecule has 0 radical (unpaired) electrons. The number of fused-ring (bicyclic) bond motifs is 1. The van der Waals surface area contributed by atoms with Gasteiger partial charge >= 0.3 is 0 Å². The van der Waals surface area contributed by atoms with Crippen molar-refractivity contribution in [3.8, 4) is 0 Å². The summed E-state index contributed by atoms with van der Waals surface area (Å²) in [5, 5.41) is 0.869. The Balaban J connectivity index is 0.000000810. The average Bonchev–Trinajstić information content (AvgIpc) is 2.87. The Morgan fingerprint density at radius 3 is 2.83 bits per heavy atom. The number of halogens is 2. The fourth-order valence-corrected chi connectivity index (χ4v) is 2.17. The summed E-state index contributed by atoms with van der Waals surface area (Å²) in [4.78, 5) is 16.9. The number of aromatic amines is 1. The molecular weight excluding hydrogens is 293 g/mol.